The van der Waals surface area contributed by atoms with Crippen molar-refractivity contribution in [3.05, 3.63) is 51.9 Å². The van der Waals surface area contributed by atoms with Gasteiger partial charge in [0, 0.05) is 23.2 Å². The molecule has 9 heteroatoms. The van der Waals surface area contributed by atoms with E-state index in [-0.39, 0.29) is 24.1 Å². The number of rotatable bonds is 9. The van der Waals surface area contributed by atoms with Crippen LogP contribution in [-0.4, -0.2) is 57.6 Å². The average molecular weight is 498 g/mol. The van der Waals surface area contributed by atoms with Crippen LogP contribution in [0.25, 0.3) is 22.4 Å². The van der Waals surface area contributed by atoms with Crippen LogP contribution >= 0.6 is 11.6 Å². The number of fused-ring (bicyclic) bond motifs is 1. The van der Waals surface area contributed by atoms with Crippen LogP contribution in [0.5, 0.6) is 5.75 Å². The van der Waals surface area contributed by atoms with Crippen LogP contribution in [0.2, 0.25) is 5.02 Å². The fourth-order valence-corrected chi connectivity index (χ4v) is 4.52. The number of likely N-dealkylation sites (tertiary alicyclic amines) is 1. The summed E-state index contributed by atoms with van der Waals surface area (Å²) in [5.41, 5.74) is 0.579. The normalized spacial score (nSPS) is 14.4. The maximum atomic E-state index is 13.5. The number of benzene rings is 1. The highest BCUT2D eigenvalue weighted by atomic mass is 35.5. The van der Waals surface area contributed by atoms with Gasteiger partial charge in [-0.3, -0.25) is 14.2 Å². The summed E-state index contributed by atoms with van der Waals surface area (Å²) in [4.78, 5) is 37.6. The molecule has 0 atom stereocenters. The Kier molecular flexibility index (Phi) is 8.36. The van der Waals surface area contributed by atoms with Gasteiger partial charge in [-0.15, -0.1) is 0 Å². The van der Waals surface area contributed by atoms with E-state index in [4.69, 9.17) is 16.3 Å². The first-order chi connectivity index (χ1) is 16.9. The van der Waals surface area contributed by atoms with E-state index in [0.29, 0.717) is 39.8 Å². The molecule has 4 rings (SSSR count). The van der Waals surface area contributed by atoms with Crippen LogP contribution in [0.4, 0.5) is 0 Å². The zero-order valence-corrected chi connectivity index (χ0v) is 21.1. The Morgan fingerprint density at radius 2 is 2.00 bits per heavy atom. The van der Waals surface area contributed by atoms with Crippen LogP contribution in [-0.2, 0) is 11.3 Å². The van der Waals surface area contributed by atoms with E-state index in [1.165, 1.54) is 23.8 Å². The SMILES string of the molecule is CC(C)NC(=O)Cn1c(-c2cccc(Cl)c2)nc2ncc(OCCCN3CCCCC3)cc2c1=O. The number of amides is 1. The number of piperidine rings is 1. The van der Waals surface area contributed by atoms with Crippen molar-refractivity contribution in [2.24, 2.45) is 0 Å². The number of carbonyl (C=O) groups excluding carboxylic acids is 1. The van der Waals surface area contributed by atoms with E-state index < -0.39 is 0 Å². The highest BCUT2D eigenvalue weighted by Gasteiger charge is 2.18. The summed E-state index contributed by atoms with van der Waals surface area (Å²) in [5, 5.41) is 3.65. The molecule has 1 aromatic carbocycles. The molecule has 1 saturated heterocycles. The molecule has 1 N–H and O–H groups in total. The van der Waals surface area contributed by atoms with Gasteiger partial charge < -0.3 is 15.0 Å². The lowest BCUT2D eigenvalue weighted by Gasteiger charge is -2.26. The van der Waals surface area contributed by atoms with Crippen molar-refractivity contribution in [1.29, 1.82) is 0 Å². The van der Waals surface area contributed by atoms with Crippen LogP contribution in [0.1, 0.15) is 39.5 Å². The van der Waals surface area contributed by atoms with E-state index in [2.05, 4.69) is 20.2 Å². The summed E-state index contributed by atoms with van der Waals surface area (Å²) in [6.45, 7) is 7.44. The van der Waals surface area contributed by atoms with E-state index in [1.54, 1.807) is 36.5 Å². The van der Waals surface area contributed by atoms with Gasteiger partial charge in [-0.1, -0.05) is 30.2 Å². The summed E-state index contributed by atoms with van der Waals surface area (Å²) < 4.78 is 7.27. The maximum Gasteiger partial charge on any atom is 0.263 e. The van der Waals surface area contributed by atoms with Crippen LogP contribution in [0.15, 0.2) is 41.3 Å². The molecule has 1 amide bonds. The van der Waals surface area contributed by atoms with Crippen LogP contribution in [0, 0.1) is 0 Å². The second kappa shape index (κ2) is 11.6. The van der Waals surface area contributed by atoms with Gasteiger partial charge in [0.2, 0.25) is 5.91 Å². The molecule has 1 aliphatic rings. The summed E-state index contributed by atoms with van der Waals surface area (Å²) in [6, 6.07) is 8.65. The molecule has 0 spiro atoms. The second-order valence-electron chi connectivity index (χ2n) is 9.21. The lowest BCUT2D eigenvalue weighted by Crippen LogP contribution is -2.37. The average Bonchev–Trinajstić information content (AvgIpc) is 2.84. The Labute approximate surface area is 210 Å². The molecule has 35 heavy (non-hydrogen) atoms. The molecule has 0 aliphatic carbocycles. The largest absolute Gasteiger partial charge is 0.492 e. The number of nitrogens with zero attached hydrogens (tertiary/aromatic N) is 4. The zero-order chi connectivity index (χ0) is 24.8. The number of pyridine rings is 1. The number of nitrogens with one attached hydrogen (secondary N) is 1. The Bertz CT molecular complexity index is 1240. The van der Waals surface area contributed by atoms with E-state index in [1.807, 2.05) is 13.8 Å². The van der Waals surface area contributed by atoms with Crippen molar-refractivity contribution in [3.63, 3.8) is 0 Å². The molecule has 3 aromatic rings. The van der Waals surface area contributed by atoms with Crippen molar-refractivity contribution in [3.8, 4) is 17.1 Å². The van der Waals surface area contributed by atoms with Gasteiger partial charge in [-0.05, 0) is 64.4 Å². The molecule has 3 heterocycles. The molecule has 8 nitrogen and oxygen atoms in total. The van der Waals surface area contributed by atoms with E-state index in [9.17, 15) is 9.59 Å². The number of hydrogen-bond donors (Lipinski definition) is 1. The predicted molar refractivity (Wildman–Crippen MR) is 138 cm³/mol. The Hall–Kier alpha value is -2.97. The quantitative estimate of drug-likeness (QED) is 0.451. The molecule has 0 saturated carbocycles. The first kappa shape index (κ1) is 25.1. The first-order valence-corrected chi connectivity index (χ1v) is 12.6. The van der Waals surface area contributed by atoms with Gasteiger partial charge in [0.05, 0.1) is 18.2 Å². The molecular formula is C26H32ClN5O3. The van der Waals surface area contributed by atoms with Gasteiger partial charge in [0.25, 0.3) is 5.56 Å². The fourth-order valence-electron chi connectivity index (χ4n) is 4.33. The van der Waals surface area contributed by atoms with E-state index in [0.717, 1.165) is 26.1 Å². The van der Waals surface area contributed by atoms with Gasteiger partial charge in [0.15, 0.2) is 5.65 Å². The third kappa shape index (κ3) is 6.58. The van der Waals surface area contributed by atoms with Gasteiger partial charge >= 0.3 is 0 Å². The smallest absolute Gasteiger partial charge is 0.263 e. The second-order valence-corrected chi connectivity index (χ2v) is 9.64. The molecule has 0 radical (unpaired) electrons. The minimum absolute atomic E-state index is 0.0483. The summed E-state index contributed by atoms with van der Waals surface area (Å²) in [7, 11) is 0. The van der Waals surface area contributed by atoms with Gasteiger partial charge in [0.1, 0.15) is 18.1 Å². The highest BCUT2D eigenvalue weighted by Crippen LogP contribution is 2.23. The van der Waals surface area contributed by atoms with Gasteiger partial charge in [-0.25, -0.2) is 9.97 Å². The minimum Gasteiger partial charge on any atom is -0.492 e. The molecule has 0 bridgehead atoms. The fraction of sp³-hybridized carbons (Fsp3) is 0.462. The summed E-state index contributed by atoms with van der Waals surface area (Å²) in [5.74, 6) is 0.583. The van der Waals surface area contributed by atoms with Crippen LogP contribution < -0.4 is 15.6 Å². The lowest BCUT2D eigenvalue weighted by atomic mass is 10.1. The number of halogens is 1. The molecule has 0 unspecified atom stereocenters. The maximum absolute atomic E-state index is 13.5. The van der Waals surface area contributed by atoms with Crippen molar-refractivity contribution < 1.29 is 9.53 Å². The summed E-state index contributed by atoms with van der Waals surface area (Å²) >= 11 is 6.18. The highest BCUT2D eigenvalue weighted by molar-refractivity contribution is 6.30. The molecule has 186 valence electrons. The molecule has 1 fully saturated rings. The predicted octanol–water partition coefficient (Wildman–Crippen LogP) is 3.89. The van der Waals surface area contributed by atoms with Gasteiger partial charge in [-0.2, -0.15) is 0 Å². The van der Waals surface area contributed by atoms with Crippen molar-refractivity contribution >= 4 is 28.5 Å². The van der Waals surface area contributed by atoms with Crippen LogP contribution in [0.3, 0.4) is 0 Å². The first-order valence-electron chi connectivity index (χ1n) is 12.2. The number of aromatic nitrogens is 3. The third-order valence-electron chi connectivity index (χ3n) is 5.95. The summed E-state index contributed by atoms with van der Waals surface area (Å²) in [6.07, 6.45) is 6.35. The van der Waals surface area contributed by atoms with Crippen molar-refractivity contribution in [1.82, 2.24) is 24.8 Å². The topological polar surface area (TPSA) is 89.3 Å². The lowest BCUT2D eigenvalue weighted by molar-refractivity contribution is -0.122. The van der Waals surface area contributed by atoms with Crippen molar-refractivity contribution in [2.45, 2.75) is 52.1 Å². The number of carbonyl (C=O) groups is 1. The molecule has 2 aromatic heterocycles. The number of hydrogen-bond acceptors (Lipinski definition) is 6. The van der Waals surface area contributed by atoms with E-state index >= 15 is 0 Å². The third-order valence-corrected chi connectivity index (χ3v) is 6.19. The Morgan fingerprint density at radius 3 is 2.74 bits per heavy atom. The standard InChI is InChI=1S/C26H32ClN5O3/c1-18(2)29-23(33)17-32-25(19-8-6-9-20(27)14-19)30-24-22(26(32)34)15-21(16-28-24)35-13-7-12-31-10-4-3-5-11-31/h6,8-9,14-16,18H,3-5,7,10-13,17H2,1-2H3,(H,29,33). The number of ether oxygens (including phenoxy) is 1. The molecular weight excluding hydrogens is 466 g/mol. The van der Waals surface area contributed by atoms with Crippen molar-refractivity contribution in [2.75, 3.05) is 26.2 Å². The zero-order valence-electron chi connectivity index (χ0n) is 20.3. The molecule has 1 aliphatic heterocycles. The Balaban J connectivity index is 1.60. The monoisotopic (exact) mass is 497 g/mol. The Morgan fingerprint density at radius 1 is 1.20 bits per heavy atom. The minimum atomic E-state index is -0.352.